The predicted molar refractivity (Wildman–Crippen MR) is 89.9 cm³/mol. The van der Waals surface area contributed by atoms with E-state index in [1.807, 2.05) is 12.1 Å². The van der Waals surface area contributed by atoms with E-state index < -0.39 is 15.8 Å². The lowest BCUT2D eigenvalue weighted by atomic mass is 9.81. The molecule has 1 fully saturated rings. The van der Waals surface area contributed by atoms with Gasteiger partial charge >= 0.3 is 5.97 Å². The van der Waals surface area contributed by atoms with E-state index in [0.717, 1.165) is 11.1 Å². The van der Waals surface area contributed by atoms with Crippen molar-refractivity contribution < 1.29 is 23.1 Å². The quantitative estimate of drug-likeness (QED) is 0.811. The lowest BCUT2D eigenvalue weighted by molar-refractivity contribution is -0.144. The summed E-state index contributed by atoms with van der Waals surface area (Å²) in [5, 5.41) is 11.8. The Morgan fingerprint density at radius 1 is 1.04 bits per heavy atom. The number of hydrogen-bond acceptors (Lipinski definition) is 4. The first-order valence-corrected chi connectivity index (χ1v) is 10.1. The summed E-state index contributed by atoms with van der Waals surface area (Å²) in [7, 11) is -3.05. The van der Waals surface area contributed by atoms with Crippen molar-refractivity contribution in [1.82, 2.24) is 5.32 Å². The SMILES string of the molecule is CS(=O)(=O)Cc1ccc(CNC(=O)C2CCC(C(=O)O)CC2)cc1. The Labute approximate surface area is 142 Å². The van der Waals surface area contributed by atoms with E-state index in [1.165, 1.54) is 6.26 Å². The van der Waals surface area contributed by atoms with Crippen molar-refractivity contribution in [2.75, 3.05) is 6.26 Å². The molecule has 0 spiro atoms. The molecule has 0 aliphatic heterocycles. The summed E-state index contributed by atoms with van der Waals surface area (Å²) in [5.74, 6) is -1.25. The highest BCUT2D eigenvalue weighted by molar-refractivity contribution is 7.89. The molecule has 0 heterocycles. The van der Waals surface area contributed by atoms with Gasteiger partial charge < -0.3 is 10.4 Å². The largest absolute Gasteiger partial charge is 0.481 e. The van der Waals surface area contributed by atoms with Gasteiger partial charge in [-0.2, -0.15) is 0 Å². The van der Waals surface area contributed by atoms with Crippen LogP contribution in [-0.2, 0) is 31.7 Å². The summed E-state index contributed by atoms with van der Waals surface area (Å²) in [6.07, 6.45) is 3.51. The minimum absolute atomic E-state index is 0.00641. The standard InChI is InChI=1S/C17H23NO5S/c1-24(22,23)11-13-4-2-12(3-5-13)10-18-16(19)14-6-8-15(9-7-14)17(20)21/h2-5,14-15H,6-11H2,1H3,(H,18,19)(H,20,21). The van der Waals surface area contributed by atoms with Gasteiger partial charge in [0.05, 0.1) is 11.7 Å². The molecule has 0 radical (unpaired) electrons. The minimum atomic E-state index is -3.05. The van der Waals surface area contributed by atoms with E-state index in [9.17, 15) is 18.0 Å². The topological polar surface area (TPSA) is 101 Å². The smallest absolute Gasteiger partial charge is 0.306 e. The number of benzene rings is 1. The summed E-state index contributed by atoms with van der Waals surface area (Å²) >= 11 is 0. The number of sulfone groups is 1. The van der Waals surface area contributed by atoms with Crippen LogP contribution in [0, 0.1) is 11.8 Å². The van der Waals surface area contributed by atoms with E-state index in [4.69, 9.17) is 5.11 Å². The molecule has 6 nitrogen and oxygen atoms in total. The van der Waals surface area contributed by atoms with Crippen LogP contribution in [0.15, 0.2) is 24.3 Å². The van der Waals surface area contributed by atoms with Crippen LogP contribution in [0.3, 0.4) is 0 Å². The van der Waals surface area contributed by atoms with Gasteiger partial charge in [-0.1, -0.05) is 24.3 Å². The zero-order chi connectivity index (χ0) is 17.7. The third kappa shape index (κ3) is 5.63. The molecule has 1 amide bonds. The second-order valence-corrected chi connectivity index (χ2v) is 8.63. The molecule has 2 rings (SSSR count). The zero-order valence-corrected chi connectivity index (χ0v) is 14.5. The zero-order valence-electron chi connectivity index (χ0n) is 13.7. The molecular formula is C17H23NO5S. The molecule has 0 bridgehead atoms. The Hall–Kier alpha value is -1.89. The summed E-state index contributed by atoms with van der Waals surface area (Å²) < 4.78 is 22.5. The summed E-state index contributed by atoms with van der Waals surface area (Å²) in [6.45, 7) is 0.386. The van der Waals surface area contributed by atoms with Gasteiger partial charge in [0, 0.05) is 18.7 Å². The number of amides is 1. The summed E-state index contributed by atoms with van der Waals surface area (Å²) in [5.41, 5.74) is 1.62. The average molecular weight is 353 g/mol. The first-order valence-electron chi connectivity index (χ1n) is 8.00. The third-order valence-corrected chi connectivity index (χ3v) is 5.22. The van der Waals surface area contributed by atoms with Gasteiger partial charge in [0.15, 0.2) is 9.84 Å². The van der Waals surface area contributed by atoms with Gasteiger partial charge in [-0.15, -0.1) is 0 Å². The first kappa shape index (κ1) is 18.4. The Morgan fingerprint density at radius 3 is 2.04 bits per heavy atom. The fourth-order valence-corrected chi connectivity index (χ4v) is 3.79. The van der Waals surface area contributed by atoms with Crippen LogP contribution in [-0.4, -0.2) is 31.7 Å². The maximum atomic E-state index is 12.2. The number of carbonyl (C=O) groups excluding carboxylic acids is 1. The van der Waals surface area contributed by atoms with Crippen molar-refractivity contribution in [3.05, 3.63) is 35.4 Å². The van der Waals surface area contributed by atoms with Crippen LogP contribution in [0.4, 0.5) is 0 Å². The molecule has 0 unspecified atom stereocenters. The predicted octanol–water partition coefficient (Wildman–Crippen LogP) is 1.74. The Balaban J connectivity index is 1.81. The van der Waals surface area contributed by atoms with Gasteiger partial charge in [0.2, 0.25) is 5.91 Å². The molecule has 1 aliphatic carbocycles. The molecular weight excluding hydrogens is 330 g/mol. The molecule has 1 aromatic rings. The highest BCUT2D eigenvalue weighted by Crippen LogP contribution is 2.29. The van der Waals surface area contributed by atoms with Crippen molar-refractivity contribution in [2.45, 2.75) is 38.0 Å². The highest BCUT2D eigenvalue weighted by Gasteiger charge is 2.29. The van der Waals surface area contributed by atoms with E-state index in [-0.39, 0.29) is 23.5 Å². The number of carbonyl (C=O) groups is 2. The van der Waals surface area contributed by atoms with E-state index in [1.54, 1.807) is 12.1 Å². The summed E-state index contributed by atoms with van der Waals surface area (Å²) in [4.78, 5) is 23.1. The molecule has 24 heavy (non-hydrogen) atoms. The van der Waals surface area contributed by atoms with Crippen molar-refractivity contribution in [3.63, 3.8) is 0 Å². The van der Waals surface area contributed by atoms with Gasteiger partial charge in [-0.25, -0.2) is 8.42 Å². The van der Waals surface area contributed by atoms with E-state index in [0.29, 0.717) is 32.2 Å². The number of carboxylic acids is 1. The van der Waals surface area contributed by atoms with Gasteiger partial charge in [-0.3, -0.25) is 9.59 Å². The fourth-order valence-electron chi connectivity index (χ4n) is 2.99. The summed E-state index contributed by atoms with van der Waals surface area (Å²) in [6, 6.07) is 7.12. The molecule has 1 saturated carbocycles. The number of carboxylic acid groups (broad SMARTS) is 1. The molecule has 2 N–H and O–H groups in total. The van der Waals surface area contributed by atoms with E-state index >= 15 is 0 Å². The van der Waals surface area contributed by atoms with E-state index in [2.05, 4.69) is 5.32 Å². The van der Waals surface area contributed by atoms with Crippen LogP contribution in [0.25, 0.3) is 0 Å². The first-order chi connectivity index (χ1) is 11.2. The van der Waals surface area contributed by atoms with Crippen molar-refractivity contribution in [1.29, 1.82) is 0 Å². The van der Waals surface area contributed by atoms with Crippen molar-refractivity contribution in [3.8, 4) is 0 Å². The van der Waals surface area contributed by atoms with Crippen LogP contribution in [0.1, 0.15) is 36.8 Å². The average Bonchev–Trinajstić information content (AvgIpc) is 2.52. The minimum Gasteiger partial charge on any atom is -0.481 e. The van der Waals surface area contributed by atoms with Crippen molar-refractivity contribution >= 4 is 21.7 Å². The fraction of sp³-hybridized carbons (Fsp3) is 0.529. The number of aliphatic carboxylic acids is 1. The van der Waals surface area contributed by atoms with Gasteiger partial charge in [0.1, 0.15) is 0 Å². The molecule has 0 aromatic heterocycles. The molecule has 1 aliphatic rings. The van der Waals surface area contributed by atoms with Crippen LogP contribution < -0.4 is 5.32 Å². The van der Waals surface area contributed by atoms with Crippen LogP contribution in [0.2, 0.25) is 0 Å². The van der Waals surface area contributed by atoms with Gasteiger partial charge in [-0.05, 0) is 36.8 Å². The Morgan fingerprint density at radius 2 is 1.54 bits per heavy atom. The van der Waals surface area contributed by atoms with Crippen LogP contribution in [0.5, 0.6) is 0 Å². The lowest BCUT2D eigenvalue weighted by Crippen LogP contribution is -2.34. The van der Waals surface area contributed by atoms with Gasteiger partial charge in [0.25, 0.3) is 0 Å². The third-order valence-electron chi connectivity index (χ3n) is 4.37. The Kier molecular flexibility index (Phi) is 5.99. The second-order valence-electron chi connectivity index (χ2n) is 6.49. The molecule has 132 valence electrons. The molecule has 1 aromatic carbocycles. The highest BCUT2D eigenvalue weighted by atomic mass is 32.2. The maximum absolute atomic E-state index is 12.2. The number of rotatable bonds is 6. The maximum Gasteiger partial charge on any atom is 0.306 e. The molecule has 0 atom stereocenters. The second kappa shape index (κ2) is 7.79. The number of hydrogen-bond donors (Lipinski definition) is 2. The van der Waals surface area contributed by atoms with Crippen LogP contribution >= 0.6 is 0 Å². The van der Waals surface area contributed by atoms with Crippen molar-refractivity contribution in [2.24, 2.45) is 11.8 Å². The number of nitrogens with one attached hydrogen (secondary N) is 1. The normalized spacial score (nSPS) is 21.2. The lowest BCUT2D eigenvalue weighted by Gasteiger charge is -2.25. The Bertz CT molecular complexity index is 688. The molecule has 7 heteroatoms. The monoisotopic (exact) mass is 353 g/mol. The molecule has 0 saturated heterocycles.